The Hall–Kier alpha value is -3.62. The lowest BCUT2D eigenvalue weighted by Crippen LogP contribution is -2.08. The number of H-pyrrole nitrogens is 1. The Kier molecular flexibility index (Phi) is 5.19. The van der Waals surface area contributed by atoms with Crippen LogP contribution in [0.1, 0.15) is 42.5 Å². The zero-order chi connectivity index (χ0) is 23.2. The predicted octanol–water partition coefficient (Wildman–Crippen LogP) is 5.89. The van der Waals surface area contributed by atoms with Crippen LogP contribution in [0, 0.1) is 0 Å². The number of carbonyl (C=O) groups excluding carboxylic acids is 1. The molecule has 1 N–H and O–H groups in total. The summed E-state index contributed by atoms with van der Waals surface area (Å²) >= 11 is 0. The molecule has 0 spiro atoms. The molecule has 2 heterocycles. The molecule has 0 radical (unpaired) electrons. The van der Waals surface area contributed by atoms with Crippen LogP contribution in [0.4, 0.5) is 13.2 Å². The summed E-state index contributed by atoms with van der Waals surface area (Å²) in [5.74, 6) is -0.120. The lowest BCUT2D eigenvalue weighted by Gasteiger charge is -2.09. The molecule has 1 aliphatic carbocycles. The smallest absolute Gasteiger partial charge is 0.417 e. The van der Waals surface area contributed by atoms with Gasteiger partial charge in [0.25, 0.3) is 5.89 Å². The minimum Gasteiger partial charge on any atom is -0.466 e. The van der Waals surface area contributed by atoms with Crippen molar-refractivity contribution in [2.75, 3.05) is 6.61 Å². The predicted molar refractivity (Wildman–Crippen MR) is 114 cm³/mol. The summed E-state index contributed by atoms with van der Waals surface area (Å²) in [6.07, 6.45) is -2.54. The number of aromatic nitrogens is 3. The van der Waals surface area contributed by atoms with Crippen molar-refractivity contribution in [1.82, 2.24) is 15.1 Å². The third-order valence-electron chi connectivity index (χ3n) is 5.96. The van der Waals surface area contributed by atoms with Crippen molar-refractivity contribution < 1.29 is 27.2 Å². The third kappa shape index (κ3) is 3.88. The number of ether oxygens (including phenoxy) is 1. The number of nitrogens with zero attached hydrogens (tertiary/aromatic N) is 2. The van der Waals surface area contributed by atoms with Gasteiger partial charge in [0, 0.05) is 28.1 Å². The maximum absolute atomic E-state index is 13.4. The maximum Gasteiger partial charge on any atom is 0.417 e. The van der Waals surface area contributed by atoms with Gasteiger partial charge in [-0.2, -0.15) is 18.2 Å². The number of nitrogens with one attached hydrogen (secondary N) is 1. The van der Waals surface area contributed by atoms with Gasteiger partial charge in [-0.3, -0.25) is 4.79 Å². The van der Waals surface area contributed by atoms with Crippen molar-refractivity contribution in [3.8, 4) is 22.8 Å². The van der Waals surface area contributed by atoms with E-state index in [4.69, 9.17) is 9.26 Å². The molecule has 4 aromatic rings. The summed E-state index contributed by atoms with van der Waals surface area (Å²) in [6, 6.07) is 10.7. The summed E-state index contributed by atoms with van der Waals surface area (Å²) in [5, 5.41) is 4.90. The van der Waals surface area contributed by atoms with Crippen LogP contribution in [0.15, 0.2) is 47.0 Å². The summed E-state index contributed by atoms with van der Waals surface area (Å²) < 4.78 is 50.4. The number of aromatic amines is 1. The van der Waals surface area contributed by atoms with Gasteiger partial charge in [-0.15, -0.1) is 0 Å². The largest absolute Gasteiger partial charge is 0.466 e. The summed E-state index contributed by atoms with van der Waals surface area (Å²) in [4.78, 5) is 19.6. The van der Waals surface area contributed by atoms with Gasteiger partial charge in [0.2, 0.25) is 5.82 Å². The fourth-order valence-electron chi connectivity index (χ4n) is 4.48. The number of esters is 1. The maximum atomic E-state index is 13.4. The Morgan fingerprint density at radius 3 is 2.85 bits per heavy atom. The summed E-state index contributed by atoms with van der Waals surface area (Å²) in [7, 11) is 0. The molecule has 1 aliphatic rings. The first-order valence-corrected chi connectivity index (χ1v) is 10.7. The fourth-order valence-corrected chi connectivity index (χ4v) is 4.48. The van der Waals surface area contributed by atoms with Crippen molar-refractivity contribution >= 4 is 16.9 Å². The second-order valence-corrected chi connectivity index (χ2v) is 7.99. The highest BCUT2D eigenvalue weighted by molar-refractivity contribution is 5.89. The Morgan fingerprint density at radius 1 is 1.24 bits per heavy atom. The second kappa shape index (κ2) is 8.06. The van der Waals surface area contributed by atoms with E-state index in [-0.39, 0.29) is 29.2 Å². The van der Waals surface area contributed by atoms with Gasteiger partial charge in [0.1, 0.15) is 0 Å². The molecule has 2 aromatic carbocycles. The van der Waals surface area contributed by atoms with Gasteiger partial charge in [-0.25, -0.2) is 0 Å². The van der Waals surface area contributed by atoms with E-state index in [0.717, 1.165) is 41.1 Å². The number of rotatable bonds is 5. The Bertz CT molecular complexity index is 1340. The molecule has 170 valence electrons. The second-order valence-electron chi connectivity index (χ2n) is 7.99. The number of hydrogen-bond acceptors (Lipinski definition) is 5. The van der Waals surface area contributed by atoms with E-state index in [9.17, 15) is 18.0 Å². The molecule has 0 saturated carbocycles. The fraction of sp³-hybridized carbons (Fsp3) is 0.292. The van der Waals surface area contributed by atoms with Crippen molar-refractivity contribution in [3.05, 3.63) is 59.3 Å². The zero-order valence-electron chi connectivity index (χ0n) is 17.7. The average molecular weight is 455 g/mol. The highest BCUT2D eigenvalue weighted by Gasteiger charge is 2.35. The van der Waals surface area contributed by atoms with Crippen molar-refractivity contribution in [1.29, 1.82) is 0 Å². The first-order valence-electron chi connectivity index (χ1n) is 10.7. The molecular formula is C24H20F3N3O3. The van der Waals surface area contributed by atoms with Crippen LogP contribution in [0.2, 0.25) is 0 Å². The first kappa shape index (κ1) is 21.2. The van der Waals surface area contributed by atoms with Crippen LogP contribution >= 0.6 is 0 Å². The topological polar surface area (TPSA) is 81.0 Å². The summed E-state index contributed by atoms with van der Waals surface area (Å²) in [5.41, 5.74) is 2.73. The van der Waals surface area contributed by atoms with Crippen LogP contribution in [-0.2, 0) is 22.1 Å². The lowest BCUT2D eigenvalue weighted by atomic mass is 10.0. The number of alkyl halides is 3. The van der Waals surface area contributed by atoms with Crippen molar-refractivity contribution in [2.24, 2.45) is 0 Å². The molecule has 1 unspecified atom stereocenters. The lowest BCUT2D eigenvalue weighted by molar-refractivity contribution is -0.143. The molecular weight excluding hydrogens is 435 g/mol. The molecule has 0 amide bonds. The van der Waals surface area contributed by atoms with Crippen LogP contribution in [-0.4, -0.2) is 27.7 Å². The molecule has 2 aromatic heterocycles. The van der Waals surface area contributed by atoms with Crippen molar-refractivity contribution in [2.45, 2.75) is 38.3 Å². The van der Waals surface area contributed by atoms with E-state index < -0.39 is 11.7 Å². The monoisotopic (exact) mass is 455 g/mol. The van der Waals surface area contributed by atoms with E-state index in [0.29, 0.717) is 18.6 Å². The minimum absolute atomic E-state index is 0.0746. The Balaban J connectivity index is 1.47. The molecule has 0 aliphatic heterocycles. The molecule has 0 fully saturated rings. The van der Waals surface area contributed by atoms with Gasteiger partial charge in [-0.1, -0.05) is 17.3 Å². The van der Waals surface area contributed by atoms with E-state index in [1.807, 2.05) is 12.1 Å². The quantitative estimate of drug-likeness (QED) is 0.380. The Labute approximate surface area is 186 Å². The molecule has 5 rings (SSSR count). The first-order chi connectivity index (χ1) is 15.8. The van der Waals surface area contributed by atoms with E-state index in [1.165, 1.54) is 18.2 Å². The van der Waals surface area contributed by atoms with E-state index in [1.54, 1.807) is 13.0 Å². The molecule has 1 atom stereocenters. The number of fused-ring (bicyclic) bond motifs is 3. The van der Waals surface area contributed by atoms with Crippen LogP contribution in [0.25, 0.3) is 33.7 Å². The number of carbonyl (C=O) groups is 1. The number of benzene rings is 2. The van der Waals surface area contributed by atoms with Crippen molar-refractivity contribution in [3.63, 3.8) is 0 Å². The third-order valence-corrected chi connectivity index (χ3v) is 5.96. The van der Waals surface area contributed by atoms with Crippen LogP contribution in [0.5, 0.6) is 0 Å². The number of halogens is 3. The molecule has 0 saturated heterocycles. The zero-order valence-corrected chi connectivity index (χ0v) is 17.7. The van der Waals surface area contributed by atoms with Gasteiger partial charge in [-0.05, 0) is 55.7 Å². The Morgan fingerprint density at radius 2 is 2.06 bits per heavy atom. The van der Waals surface area contributed by atoms with Gasteiger partial charge >= 0.3 is 12.1 Å². The van der Waals surface area contributed by atoms with Gasteiger partial charge in [0.05, 0.1) is 24.2 Å². The normalized spacial score (nSPS) is 15.7. The average Bonchev–Trinajstić information content (AvgIpc) is 3.49. The van der Waals surface area contributed by atoms with Crippen LogP contribution < -0.4 is 0 Å². The van der Waals surface area contributed by atoms with E-state index in [2.05, 4.69) is 15.1 Å². The SMILES string of the molecule is CCOC(=O)CC1CCc2c1[nH]c1ccc(-c3noc(-c4ccccc4C(F)(F)F)n3)cc21. The highest BCUT2D eigenvalue weighted by atomic mass is 19.4. The van der Waals surface area contributed by atoms with Crippen LogP contribution in [0.3, 0.4) is 0 Å². The number of aryl methyl sites for hydroxylation is 1. The van der Waals surface area contributed by atoms with E-state index >= 15 is 0 Å². The molecule has 33 heavy (non-hydrogen) atoms. The van der Waals surface area contributed by atoms with Gasteiger partial charge < -0.3 is 14.2 Å². The molecule has 6 nitrogen and oxygen atoms in total. The number of hydrogen-bond donors (Lipinski definition) is 1. The molecule has 0 bridgehead atoms. The highest BCUT2D eigenvalue weighted by Crippen LogP contribution is 2.41. The standard InChI is InChI=1S/C24H20F3N3O3/c1-2-32-20(31)12-13-7-9-15-17-11-14(8-10-19(17)28-21(13)15)22-29-23(33-30-22)16-5-3-4-6-18(16)24(25,26)27/h3-6,8,10-11,13,28H,2,7,9,12H2,1H3. The summed E-state index contributed by atoms with van der Waals surface area (Å²) in [6.45, 7) is 2.14. The minimum atomic E-state index is -4.53. The van der Waals surface area contributed by atoms with Gasteiger partial charge in [0.15, 0.2) is 0 Å². The molecule has 9 heteroatoms.